The van der Waals surface area contributed by atoms with Crippen molar-refractivity contribution in [3.8, 4) is 0 Å². The number of amides is 1. The van der Waals surface area contributed by atoms with E-state index >= 15 is 0 Å². The summed E-state index contributed by atoms with van der Waals surface area (Å²) in [6, 6.07) is 3.96. The van der Waals surface area contributed by atoms with Gasteiger partial charge in [-0.2, -0.15) is 0 Å². The van der Waals surface area contributed by atoms with E-state index in [1.165, 1.54) is 5.69 Å². The minimum Gasteiger partial charge on any atom is -0.290 e. The van der Waals surface area contributed by atoms with E-state index in [-0.39, 0.29) is 5.91 Å². The first-order valence-corrected chi connectivity index (χ1v) is 4.71. The first-order chi connectivity index (χ1) is 6.68. The summed E-state index contributed by atoms with van der Waals surface area (Å²) in [7, 11) is 2.02. The zero-order chi connectivity index (χ0) is 10.1. The first kappa shape index (κ1) is 8.99. The van der Waals surface area contributed by atoms with Crippen LogP contribution in [0.3, 0.4) is 0 Å². The van der Waals surface area contributed by atoms with Gasteiger partial charge in [0.05, 0.1) is 13.0 Å². The molecule has 0 aromatic carbocycles. The maximum Gasteiger partial charge on any atom is 0.237 e. The zero-order valence-corrected chi connectivity index (χ0v) is 8.45. The Morgan fingerprint density at radius 1 is 1.64 bits per heavy atom. The Balaban J connectivity index is 2.31. The van der Waals surface area contributed by atoms with Crippen molar-refractivity contribution in [2.75, 3.05) is 12.0 Å². The molecular formula is C10H14N3O+. The van der Waals surface area contributed by atoms with Crippen LogP contribution in [0.4, 0.5) is 5.69 Å². The average Bonchev–Trinajstić information content (AvgIpc) is 2.17. The van der Waals surface area contributed by atoms with Crippen molar-refractivity contribution in [1.82, 2.24) is 5.01 Å². The Hall–Kier alpha value is -1.58. The van der Waals surface area contributed by atoms with E-state index in [4.69, 9.17) is 0 Å². The van der Waals surface area contributed by atoms with Crippen molar-refractivity contribution in [2.24, 2.45) is 7.05 Å². The molecule has 1 N–H and O–H groups in total. The summed E-state index contributed by atoms with van der Waals surface area (Å²) in [5.74, 6) is 0.0576. The normalized spacial score (nSPS) is 14.6. The molecule has 0 spiro atoms. The van der Waals surface area contributed by atoms with E-state index in [0.29, 0.717) is 0 Å². The molecule has 74 valence electrons. The Morgan fingerprint density at radius 2 is 2.43 bits per heavy atom. The van der Waals surface area contributed by atoms with E-state index < -0.39 is 0 Å². The van der Waals surface area contributed by atoms with Gasteiger partial charge < -0.3 is 0 Å². The SMILES string of the molecule is CC(=O)N1CCc2c(ccc[n+]2C)N1. The van der Waals surface area contributed by atoms with E-state index in [0.717, 1.165) is 18.7 Å². The minimum atomic E-state index is 0.0576. The number of carbonyl (C=O) groups excluding carboxylic acids is 1. The van der Waals surface area contributed by atoms with E-state index in [1.54, 1.807) is 11.9 Å². The molecule has 0 aliphatic carbocycles. The Labute approximate surface area is 83.1 Å². The van der Waals surface area contributed by atoms with Gasteiger partial charge in [0.15, 0.2) is 6.20 Å². The number of nitrogens with zero attached hydrogens (tertiary/aromatic N) is 2. The first-order valence-electron chi connectivity index (χ1n) is 4.71. The predicted octanol–water partition coefficient (Wildman–Crippen LogP) is 0.243. The summed E-state index contributed by atoms with van der Waals surface area (Å²) >= 11 is 0. The molecule has 4 nitrogen and oxygen atoms in total. The predicted molar refractivity (Wildman–Crippen MR) is 52.3 cm³/mol. The third-order valence-electron chi connectivity index (χ3n) is 2.52. The van der Waals surface area contributed by atoms with Gasteiger partial charge in [-0.25, -0.2) is 4.57 Å². The van der Waals surface area contributed by atoms with Crippen LogP contribution in [0.1, 0.15) is 12.6 Å². The van der Waals surface area contributed by atoms with Gasteiger partial charge in [0.2, 0.25) is 11.6 Å². The molecule has 0 bridgehead atoms. The van der Waals surface area contributed by atoms with Gasteiger partial charge in [-0.1, -0.05) is 0 Å². The molecule has 2 heterocycles. The van der Waals surface area contributed by atoms with Crippen molar-refractivity contribution < 1.29 is 9.36 Å². The second kappa shape index (κ2) is 3.29. The number of aryl methyl sites for hydroxylation is 1. The van der Waals surface area contributed by atoms with Gasteiger partial charge in [0, 0.05) is 13.0 Å². The fraction of sp³-hybridized carbons (Fsp3) is 0.400. The van der Waals surface area contributed by atoms with Crippen LogP contribution >= 0.6 is 0 Å². The van der Waals surface area contributed by atoms with Gasteiger partial charge >= 0.3 is 0 Å². The smallest absolute Gasteiger partial charge is 0.237 e. The monoisotopic (exact) mass is 192 g/mol. The molecule has 0 unspecified atom stereocenters. The standard InChI is InChI=1S/C10H14N3O/c1-8(14)13-7-5-10-9(11-13)4-3-6-12(10)2/h3-4,6,11H,5,7H2,1-2H3/q+1. The summed E-state index contributed by atoms with van der Waals surface area (Å²) < 4.78 is 2.08. The number of hydrogen-bond donors (Lipinski definition) is 1. The fourth-order valence-electron chi connectivity index (χ4n) is 1.71. The maximum absolute atomic E-state index is 11.2. The topological polar surface area (TPSA) is 36.2 Å². The molecule has 0 saturated heterocycles. The lowest BCUT2D eigenvalue weighted by Crippen LogP contribution is -2.45. The highest BCUT2D eigenvalue weighted by atomic mass is 16.2. The lowest BCUT2D eigenvalue weighted by Gasteiger charge is -2.27. The number of anilines is 1. The molecule has 14 heavy (non-hydrogen) atoms. The van der Waals surface area contributed by atoms with E-state index in [1.807, 2.05) is 25.4 Å². The highest BCUT2D eigenvalue weighted by molar-refractivity contribution is 5.75. The van der Waals surface area contributed by atoms with E-state index in [2.05, 4.69) is 9.99 Å². The molecule has 1 amide bonds. The Bertz CT molecular complexity index is 376. The largest absolute Gasteiger partial charge is 0.290 e. The molecule has 1 aliphatic rings. The number of rotatable bonds is 0. The van der Waals surface area contributed by atoms with Gasteiger partial charge in [-0.15, -0.1) is 0 Å². The molecule has 0 saturated carbocycles. The summed E-state index contributed by atoms with van der Waals surface area (Å²) in [4.78, 5) is 11.2. The van der Waals surface area contributed by atoms with Gasteiger partial charge in [0.25, 0.3) is 0 Å². The Kier molecular flexibility index (Phi) is 2.11. The van der Waals surface area contributed by atoms with Crippen molar-refractivity contribution in [3.63, 3.8) is 0 Å². The molecule has 2 rings (SSSR count). The molecule has 1 aliphatic heterocycles. The summed E-state index contributed by atoms with van der Waals surface area (Å²) in [5.41, 5.74) is 5.37. The zero-order valence-electron chi connectivity index (χ0n) is 8.45. The summed E-state index contributed by atoms with van der Waals surface area (Å²) in [5, 5.41) is 1.64. The third-order valence-corrected chi connectivity index (χ3v) is 2.52. The highest BCUT2D eigenvalue weighted by Crippen LogP contribution is 2.17. The van der Waals surface area contributed by atoms with Crippen LogP contribution in [0.5, 0.6) is 0 Å². The average molecular weight is 192 g/mol. The van der Waals surface area contributed by atoms with Gasteiger partial charge in [0.1, 0.15) is 12.7 Å². The number of hydrogen-bond acceptors (Lipinski definition) is 2. The number of fused-ring (bicyclic) bond motifs is 1. The second-order valence-corrected chi connectivity index (χ2v) is 3.51. The molecular weight excluding hydrogens is 178 g/mol. The number of hydrazine groups is 1. The fourth-order valence-corrected chi connectivity index (χ4v) is 1.71. The number of carbonyl (C=O) groups is 1. The lowest BCUT2D eigenvalue weighted by molar-refractivity contribution is -0.678. The van der Waals surface area contributed by atoms with Crippen LogP contribution < -0.4 is 9.99 Å². The van der Waals surface area contributed by atoms with Gasteiger partial charge in [-0.3, -0.25) is 15.2 Å². The van der Waals surface area contributed by atoms with Crippen LogP contribution in [0.25, 0.3) is 0 Å². The van der Waals surface area contributed by atoms with Crippen LogP contribution in [0.2, 0.25) is 0 Å². The van der Waals surface area contributed by atoms with Crippen molar-refractivity contribution in [3.05, 3.63) is 24.0 Å². The lowest BCUT2D eigenvalue weighted by atomic mass is 10.2. The van der Waals surface area contributed by atoms with Crippen LogP contribution in [0, 0.1) is 0 Å². The third kappa shape index (κ3) is 1.43. The summed E-state index contributed by atoms with van der Waals surface area (Å²) in [6.45, 7) is 2.31. The van der Waals surface area contributed by atoms with Crippen molar-refractivity contribution >= 4 is 11.6 Å². The number of aromatic nitrogens is 1. The minimum absolute atomic E-state index is 0.0576. The molecule has 0 atom stereocenters. The molecule has 0 radical (unpaired) electrons. The van der Waals surface area contributed by atoms with Crippen molar-refractivity contribution in [1.29, 1.82) is 0 Å². The van der Waals surface area contributed by atoms with Crippen LogP contribution in [-0.2, 0) is 18.3 Å². The molecule has 4 heteroatoms. The molecule has 1 aromatic heterocycles. The quantitative estimate of drug-likeness (QED) is 0.598. The van der Waals surface area contributed by atoms with Crippen LogP contribution in [-0.4, -0.2) is 17.5 Å². The second-order valence-electron chi connectivity index (χ2n) is 3.51. The summed E-state index contributed by atoms with van der Waals surface area (Å²) in [6.07, 6.45) is 2.92. The molecule has 1 aromatic rings. The van der Waals surface area contributed by atoms with Crippen LogP contribution in [0.15, 0.2) is 18.3 Å². The maximum atomic E-state index is 11.2. The number of pyridine rings is 1. The molecule has 0 fully saturated rings. The van der Waals surface area contributed by atoms with E-state index in [9.17, 15) is 4.79 Å². The highest BCUT2D eigenvalue weighted by Gasteiger charge is 2.22. The van der Waals surface area contributed by atoms with Gasteiger partial charge in [-0.05, 0) is 6.07 Å². The number of nitrogens with one attached hydrogen (secondary N) is 1. The van der Waals surface area contributed by atoms with Crippen molar-refractivity contribution in [2.45, 2.75) is 13.3 Å². The Morgan fingerprint density at radius 3 is 3.14 bits per heavy atom.